The lowest BCUT2D eigenvalue weighted by Crippen LogP contribution is -2.15. The Morgan fingerprint density at radius 2 is 1.89 bits per heavy atom. The normalized spacial score (nSPS) is 9.95. The van der Waals surface area contributed by atoms with E-state index in [9.17, 15) is 9.59 Å². The van der Waals surface area contributed by atoms with Gasteiger partial charge in [-0.15, -0.1) is 0 Å². The molecule has 2 amide bonds. The molecule has 0 aliphatic rings. The maximum atomic E-state index is 12.0. The van der Waals surface area contributed by atoms with Gasteiger partial charge < -0.3 is 11.1 Å². The first-order chi connectivity index (χ1) is 9.06. The molecule has 0 atom stereocenters. The van der Waals surface area contributed by atoms with Crippen LogP contribution in [0.1, 0.15) is 20.7 Å². The van der Waals surface area contributed by atoms with Gasteiger partial charge in [-0.25, -0.2) is 4.98 Å². The van der Waals surface area contributed by atoms with Crippen molar-refractivity contribution in [2.24, 2.45) is 5.73 Å². The second-order valence-electron chi connectivity index (χ2n) is 3.77. The highest BCUT2D eigenvalue weighted by Gasteiger charge is 2.08. The zero-order valence-corrected chi connectivity index (χ0v) is 11.3. The highest BCUT2D eigenvalue weighted by atomic mass is 79.9. The Morgan fingerprint density at radius 3 is 2.53 bits per heavy atom. The Balaban J connectivity index is 2.18. The van der Waals surface area contributed by atoms with Crippen molar-refractivity contribution in [3.05, 3.63) is 58.3 Å². The second-order valence-corrected chi connectivity index (χ2v) is 4.58. The molecule has 0 unspecified atom stereocenters. The third kappa shape index (κ3) is 3.38. The molecular weight excluding hydrogens is 310 g/mol. The Kier molecular flexibility index (Phi) is 3.91. The molecule has 0 saturated carbocycles. The molecule has 0 fully saturated rings. The number of carbonyl (C=O) groups is 2. The van der Waals surface area contributed by atoms with E-state index in [2.05, 4.69) is 26.2 Å². The van der Waals surface area contributed by atoms with Crippen molar-refractivity contribution < 1.29 is 9.59 Å². The topological polar surface area (TPSA) is 85.1 Å². The van der Waals surface area contributed by atoms with Crippen molar-refractivity contribution in [3.8, 4) is 0 Å². The molecule has 2 rings (SSSR count). The fraction of sp³-hybridized carbons (Fsp3) is 0. The van der Waals surface area contributed by atoms with Crippen LogP contribution < -0.4 is 11.1 Å². The quantitative estimate of drug-likeness (QED) is 0.850. The van der Waals surface area contributed by atoms with Crippen LogP contribution in [0.5, 0.6) is 0 Å². The molecule has 5 nitrogen and oxygen atoms in total. The SMILES string of the molecule is NC(=O)c1cccc(C(=O)Nc2ccc(Br)nc2)c1. The lowest BCUT2D eigenvalue weighted by molar-refractivity contribution is 0.1000. The van der Waals surface area contributed by atoms with E-state index in [1.165, 1.54) is 12.3 Å². The number of rotatable bonds is 3. The van der Waals surface area contributed by atoms with E-state index >= 15 is 0 Å². The zero-order valence-electron chi connectivity index (χ0n) is 9.76. The van der Waals surface area contributed by atoms with Gasteiger partial charge in [-0.05, 0) is 46.3 Å². The molecule has 1 aromatic carbocycles. The molecule has 6 heteroatoms. The summed E-state index contributed by atoms with van der Waals surface area (Å²) in [4.78, 5) is 27.0. The number of nitrogens with one attached hydrogen (secondary N) is 1. The number of anilines is 1. The van der Waals surface area contributed by atoms with Crippen LogP contribution in [0, 0.1) is 0 Å². The molecule has 1 heterocycles. The third-order valence-corrected chi connectivity index (χ3v) is 2.86. The first kappa shape index (κ1) is 13.2. The summed E-state index contributed by atoms with van der Waals surface area (Å²) < 4.78 is 0.682. The Bertz CT molecular complexity index is 626. The molecule has 1 aromatic heterocycles. The maximum Gasteiger partial charge on any atom is 0.255 e. The number of benzene rings is 1. The number of carbonyl (C=O) groups excluding carboxylic acids is 2. The molecule has 0 saturated heterocycles. The predicted octanol–water partition coefficient (Wildman–Crippen LogP) is 2.20. The average molecular weight is 320 g/mol. The molecule has 0 aliphatic heterocycles. The number of nitrogens with two attached hydrogens (primary N) is 1. The average Bonchev–Trinajstić information content (AvgIpc) is 2.41. The molecule has 0 aliphatic carbocycles. The molecule has 19 heavy (non-hydrogen) atoms. The monoisotopic (exact) mass is 319 g/mol. The minimum Gasteiger partial charge on any atom is -0.366 e. The minimum atomic E-state index is -0.569. The van der Waals surface area contributed by atoms with E-state index < -0.39 is 5.91 Å². The lowest BCUT2D eigenvalue weighted by Gasteiger charge is -2.05. The third-order valence-electron chi connectivity index (χ3n) is 2.39. The van der Waals surface area contributed by atoms with Crippen molar-refractivity contribution in [3.63, 3.8) is 0 Å². The number of amides is 2. The number of aromatic nitrogens is 1. The van der Waals surface area contributed by atoms with Gasteiger partial charge in [0, 0.05) is 11.1 Å². The summed E-state index contributed by atoms with van der Waals surface area (Å²) in [5, 5.41) is 2.68. The van der Waals surface area contributed by atoms with Crippen LogP contribution in [0.15, 0.2) is 47.2 Å². The molecule has 2 aromatic rings. The highest BCUT2D eigenvalue weighted by molar-refractivity contribution is 9.10. The Labute approximate surface area is 118 Å². The van der Waals surface area contributed by atoms with Gasteiger partial charge in [0.05, 0.1) is 11.9 Å². The Hall–Kier alpha value is -2.21. The highest BCUT2D eigenvalue weighted by Crippen LogP contribution is 2.12. The maximum absolute atomic E-state index is 12.0. The van der Waals surface area contributed by atoms with Crippen molar-refractivity contribution in [1.29, 1.82) is 0 Å². The van der Waals surface area contributed by atoms with Crippen molar-refractivity contribution in [2.75, 3.05) is 5.32 Å². The van der Waals surface area contributed by atoms with Crippen molar-refractivity contribution in [1.82, 2.24) is 4.98 Å². The van der Waals surface area contributed by atoms with E-state index in [1.54, 1.807) is 30.3 Å². The van der Waals surface area contributed by atoms with Gasteiger partial charge in [0.1, 0.15) is 4.60 Å². The van der Waals surface area contributed by atoms with Crippen LogP contribution in [0.2, 0.25) is 0 Å². The van der Waals surface area contributed by atoms with E-state index in [1.807, 2.05) is 0 Å². The summed E-state index contributed by atoms with van der Waals surface area (Å²) in [6.07, 6.45) is 1.53. The number of primary amides is 1. The minimum absolute atomic E-state index is 0.293. The fourth-order valence-corrected chi connectivity index (χ4v) is 1.70. The van der Waals surface area contributed by atoms with Gasteiger partial charge in [-0.1, -0.05) is 6.07 Å². The van der Waals surface area contributed by atoms with Crippen LogP contribution in [0.25, 0.3) is 0 Å². The van der Waals surface area contributed by atoms with Crippen molar-refractivity contribution >= 4 is 33.4 Å². The van der Waals surface area contributed by atoms with Crippen LogP contribution >= 0.6 is 15.9 Å². The van der Waals surface area contributed by atoms with Crippen LogP contribution in [-0.4, -0.2) is 16.8 Å². The fourth-order valence-electron chi connectivity index (χ4n) is 1.47. The number of hydrogen-bond acceptors (Lipinski definition) is 3. The van der Waals surface area contributed by atoms with Crippen molar-refractivity contribution in [2.45, 2.75) is 0 Å². The van der Waals surface area contributed by atoms with Gasteiger partial charge in [-0.3, -0.25) is 9.59 Å². The number of hydrogen-bond donors (Lipinski definition) is 2. The Morgan fingerprint density at radius 1 is 1.16 bits per heavy atom. The smallest absolute Gasteiger partial charge is 0.255 e. The van der Waals surface area contributed by atoms with E-state index in [4.69, 9.17) is 5.73 Å². The molecule has 96 valence electrons. The first-order valence-corrected chi connectivity index (χ1v) is 6.18. The summed E-state index contributed by atoms with van der Waals surface area (Å²) in [6.45, 7) is 0. The molecule has 0 bridgehead atoms. The van der Waals surface area contributed by atoms with Gasteiger partial charge >= 0.3 is 0 Å². The van der Waals surface area contributed by atoms with E-state index in [-0.39, 0.29) is 5.91 Å². The van der Waals surface area contributed by atoms with Gasteiger partial charge in [0.15, 0.2) is 0 Å². The summed E-state index contributed by atoms with van der Waals surface area (Å²) in [5.74, 6) is -0.896. The second kappa shape index (κ2) is 5.62. The number of nitrogens with zero attached hydrogens (tertiary/aromatic N) is 1. The molecule has 3 N–H and O–H groups in total. The van der Waals surface area contributed by atoms with E-state index in [0.717, 1.165) is 0 Å². The zero-order chi connectivity index (χ0) is 13.8. The summed E-state index contributed by atoms with van der Waals surface area (Å²) in [6, 6.07) is 9.65. The predicted molar refractivity (Wildman–Crippen MR) is 74.9 cm³/mol. The van der Waals surface area contributed by atoms with Crippen LogP contribution in [-0.2, 0) is 0 Å². The summed E-state index contributed by atoms with van der Waals surface area (Å²) in [7, 11) is 0. The van der Waals surface area contributed by atoms with E-state index in [0.29, 0.717) is 21.4 Å². The van der Waals surface area contributed by atoms with Gasteiger partial charge in [0.2, 0.25) is 5.91 Å². The summed E-state index contributed by atoms with van der Waals surface area (Å²) >= 11 is 3.21. The van der Waals surface area contributed by atoms with Crippen LogP contribution in [0.3, 0.4) is 0 Å². The van der Waals surface area contributed by atoms with Gasteiger partial charge in [0.25, 0.3) is 5.91 Å². The first-order valence-electron chi connectivity index (χ1n) is 5.39. The largest absolute Gasteiger partial charge is 0.366 e. The molecule has 0 spiro atoms. The van der Waals surface area contributed by atoms with Gasteiger partial charge in [-0.2, -0.15) is 0 Å². The van der Waals surface area contributed by atoms with Crippen LogP contribution in [0.4, 0.5) is 5.69 Å². The number of halogens is 1. The molecular formula is C13H10BrN3O2. The number of pyridine rings is 1. The molecule has 0 radical (unpaired) electrons. The summed E-state index contributed by atoms with van der Waals surface area (Å²) in [5.41, 5.74) is 6.39. The lowest BCUT2D eigenvalue weighted by atomic mass is 10.1. The standard InChI is InChI=1S/C13H10BrN3O2/c14-11-5-4-10(7-16-11)17-13(19)9-3-1-2-8(6-9)12(15)18/h1-7H,(H2,15,18)(H,17,19).